The van der Waals surface area contributed by atoms with E-state index in [-0.39, 0.29) is 17.6 Å². The molecule has 0 radical (unpaired) electrons. The monoisotopic (exact) mass is 380 g/mol. The molecule has 0 amide bonds. The Morgan fingerprint density at radius 3 is 2.71 bits per heavy atom. The van der Waals surface area contributed by atoms with E-state index >= 15 is 0 Å². The third-order valence-corrected chi connectivity index (χ3v) is 6.57. The molecule has 1 spiro atoms. The SMILES string of the molecule is Cc1cccc(OCCCN(C)[C@H]2c3ccccc3C3(CCNCC3)[C@@H]2O)c1. The molecule has 2 N–H and O–H groups in total. The molecule has 2 aliphatic rings. The number of likely N-dealkylation sites (N-methyl/N-ethyl adjacent to an activating group) is 1. The van der Waals surface area contributed by atoms with Gasteiger partial charge in [0.05, 0.1) is 18.8 Å². The summed E-state index contributed by atoms with van der Waals surface area (Å²) in [6.45, 7) is 5.62. The van der Waals surface area contributed by atoms with Crippen molar-refractivity contribution in [1.29, 1.82) is 0 Å². The molecular weight excluding hydrogens is 348 g/mol. The van der Waals surface area contributed by atoms with Gasteiger partial charge in [-0.2, -0.15) is 0 Å². The van der Waals surface area contributed by atoms with E-state index < -0.39 is 0 Å². The zero-order valence-electron chi connectivity index (χ0n) is 17.0. The van der Waals surface area contributed by atoms with Crippen LogP contribution in [0.5, 0.6) is 5.75 Å². The number of ether oxygens (including phenoxy) is 1. The molecule has 0 aromatic heterocycles. The van der Waals surface area contributed by atoms with Crippen LogP contribution >= 0.6 is 0 Å². The van der Waals surface area contributed by atoms with Gasteiger partial charge in [0.25, 0.3) is 0 Å². The second kappa shape index (κ2) is 8.24. The lowest BCUT2D eigenvalue weighted by atomic mass is 9.72. The van der Waals surface area contributed by atoms with E-state index in [1.807, 2.05) is 12.1 Å². The van der Waals surface area contributed by atoms with Gasteiger partial charge in [0.1, 0.15) is 5.75 Å². The van der Waals surface area contributed by atoms with Gasteiger partial charge in [-0.05, 0) is 75.1 Å². The van der Waals surface area contributed by atoms with Crippen molar-refractivity contribution >= 4 is 0 Å². The number of piperidine rings is 1. The van der Waals surface area contributed by atoms with Gasteiger partial charge >= 0.3 is 0 Å². The number of hydrogen-bond acceptors (Lipinski definition) is 4. The summed E-state index contributed by atoms with van der Waals surface area (Å²) < 4.78 is 5.91. The zero-order chi connectivity index (χ0) is 19.6. The lowest BCUT2D eigenvalue weighted by molar-refractivity contribution is 0.00550. The van der Waals surface area contributed by atoms with Crippen LogP contribution in [0.3, 0.4) is 0 Å². The van der Waals surface area contributed by atoms with Crippen molar-refractivity contribution in [3.05, 3.63) is 65.2 Å². The predicted octanol–water partition coefficient (Wildman–Crippen LogP) is 3.43. The standard InChI is InChI=1S/C24H32N2O2/c1-18-7-5-8-19(17-18)28-16-6-15-26(2)22-20-9-3-4-10-21(20)24(23(22)27)11-13-25-14-12-24/h3-5,7-10,17,22-23,25,27H,6,11-16H2,1-2H3/t22-,23+/m0/s1. The van der Waals surface area contributed by atoms with Crippen molar-refractivity contribution in [1.82, 2.24) is 10.2 Å². The molecule has 1 fully saturated rings. The largest absolute Gasteiger partial charge is 0.494 e. The maximum absolute atomic E-state index is 11.4. The molecule has 1 heterocycles. The van der Waals surface area contributed by atoms with Crippen LogP contribution in [0.4, 0.5) is 0 Å². The minimum absolute atomic E-state index is 0.0632. The Kier molecular flexibility index (Phi) is 5.72. The minimum Gasteiger partial charge on any atom is -0.494 e. The van der Waals surface area contributed by atoms with Crippen molar-refractivity contribution in [3.63, 3.8) is 0 Å². The van der Waals surface area contributed by atoms with E-state index in [2.05, 4.69) is 60.6 Å². The molecule has 4 rings (SSSR count). The first-order valence-corrected chi connectivity index (χ1v) is 10.5. The summed E-state index contributed by atoms with van der Waals surface area (Å²) in [5, 5.41) is 14.9. The maximum atomic E-state index is 11.4. The van der Waals surface area contributed by atoms with Crippen LogP contribution in [0.1, 0.15) is 42.0 Å². The first-order valence-electron chi connectivity index (χ1n) is 10.5. The molecule has 1 aliphatic heterocycles. The summed E-state index contributed by atoms with van der Waals surface area (Å²) in [6, 6.07) is 16.9. The van der Waals surface area contributed by atoms with Crippen LogP contribution in [0.2, 0.25) is 0 Å². The van der Waals surface area contributed by atoms with Crippen LogP contribution in [0.25, 0.3) is 0 Å². The number of benzene rings is 2. The van der Waals surface area contributed by atoms with Crippen molar-refractivity contribution in [2.45, 2.75) is 43.7 Å². The van der Waals surface area contributed by atoms with Crippen molar-refractivity contribution in [2.24, 2.45) is 0 Å². The van der Waals surface area contributed by atoms with Gasteiger partial charge in [-0.25, -0.2) is 0 Å². The van der Waals surface area contributed by atoms with Crippen LogP contribution in [0.15, 0.2) is 48.5 Å². The van der Waals surface area contributed by atoms with Gasteiger partial charge in [-0.15, -0.1) is 0 Å². The van der Waals surface area contributed by atoms with Crippen LogP contribution in [-0.4, -0.2) is 49.4 Å². The average molecular weight is 381 g/mol. The van der Waals surface area contributed by atoms with Crippen molar-refractivity contribution in [2.75, 3.05) is 33.3 Å². The summed E-state index contributed by atoms with van der Waals surface area (Å²) in [5.41, 5.74) is 3.78. The molecule has 1 saturated heterocycles. The summed E-state index contributed by atoms with van der Waals surface area (Å²) in [7, 11) is 2.14. The summed E-state index contributed by atoms with van der Waals surface area (Å²) in [6.07, 6.45) is 2.59. The van der Waals surface area contributed by atoms with E-state index in [1.54, 1.807) is 0 Å². The molecule has 4 nitrogen and oxygen atoms in total. The van der Waals surface area contributed by atoms with Crippen LogP contribution in [-0.2, 0) is 5.41 Å². The summed E-state index contributed by atoms with van der Waals surface area (Å²) in [5.74, 6) is 0.933. The number of rotatable bonds is 6. The number of nitrogens with zero attached hydrogens (tertiary/aromatic N) is 1. The molecule has 0 unspecified atom stereocenters. The lowest BCUT2D eigenvalue weighted by Crippen LogP contribution is -2.48. The Morgan fingerprint density at radius 2 is 1.93 bits per heavy atom. The third-order valence-electron chi connectivity index (χ3n) is 6.57. The molecular formula is C24H32N2O2. The quantitative estimate of drug-likeness (QED) is 0.754. The van der Waals surface area contributed by atoms with Crippen molar-refractivity contribution < 1.29 is 9.84 Å². The summed E-state index contributed by atoms with van der Waals surface area (Å²) in [4.78, 5) is 2.32. The molecule has 28 heavy (non-hydrogen) atoms. The van der Waals surface area contributed by atoms with Gasteiger partial charge in [-0.1, -0.05) is 36.4 Å². The van der Waals surface area contributed by atoms with Gasteiger partial charge in [-0.3, -0.25) is 4.90 Å². The second-order valence-electron chi connectivity index (χ2n) is 8.38. The Balaban J connectivity index is 1.42. The molecule has 1 aliphatic carbocycles. The van der Waals surface area contributed by atoms with Crippen molar-refractivity contribution in [3.8, 4) is 5.75 Å². The van der Waals surface area contributed by atoms with E-state index in [0.717, 1.165) is 44.6 Å². The number of aliphatic hydroxyl groups is 1. The fourth-order valence-electron chi connectivity index (χ4n) is 5.10. The molecule has 2 atom stereocenters. The first kappa shape index (κ1) is 19.4. The fourth-order valence-corrected chi connectivity index (χ4v) is 5.10. The topological polar surface area (TPSA) is 44.7 Å². The number of hydrogen-bond donors (Lipinski definition) is 2. The van der Waals surface area contributed by atoms with Gasteiger partial charge in [0, 0.05) is 12.0 Å². The highest BCUT2D eigenvalue weighted by Gasteiger charge is 2.52. The normalized spacial score (nSPS) is 23.1. The number of fused-ring (bicyclic) bond motifs is 2. The van der Waals surface area contributed by atoms with E-state index in [0.29, 0.717) is 6.61 Å². The predicted molar refractivity (Wildman–Crippen MR) is 113 cm³/mol. The average Bonchev–Trinajstić information content (AvgIpc) is 2.94. The number of aliphatic hydroxyl groups excluding tert-OH is 1. The maximum Gasteiger partial charge on any atom is 0.119 e. The Labute approximate surface area is 168 Å². The second-order valence-corrected chi connectivity index (χ2v) is 8.38. The highest BCUT2D eigenvalue weighted by atomic mass is 16.5. The first-order chi connectivity index (χ1) is 13.6. The Morgan fingerprint density at radius 1 is 1.14 bits per heavy atom. The highest BCUT2D eigenvalue weighted by molar-refractivity contribution is 5.45. The molecule has 2 aromatic carbocycles. The highest BCUT2D eigenvalue weighted by Crippen LogP contribution is 2.51. The number of aryl methyl sites for hydroxylation is 1. The van der Waals surface area contributed by atoms with E-state index in [9.17, 15) is 5.11 Å². The zero-order valence-corrected chi connectivity index (χ0v) is 17.0. The Hall–Kier alpha value is -1.88. The van der Waals surface area contributed by atoms with Gasteiger partial charge < -0.3 is 15.2 Å². The molecule has 2 aromatic rings. The van der Waals surface area contributed by atoms with Gasteiger partial charge in [0.15, 0.2) is 0 Å². The number of nitrogens with one attached hydrogen (secondary N) is 1. The Bertz CT molecular complexity index is 801. The summed E-state index contributed by atoms with van der Waals surface area (Å²) >= 11 is 0. The lowest BCUT2D eigenvalue weighted by Gasteiger charge is -2.40. The van der Waals surface area contributed by atoms with Gasteiger partial charge in [0.2, 0.25) is 0 Å². The smallest absolute Gasteiger partial charge is 0.119 e. The molecule has 0 saturated carbocycles. The van der Waals surface area contributed by atoms with E-state index in [1.165, 1.54) is 16.7 Å². The molecule has 0 bridgehead atoms. The van der Waals surface area contributed by atoms with Crippen LogP contribution in [0, 0.1) is 6.92 Å². The molecule has 4 heteroatoms. The van der Waals surface area contributed by atoms with Crippen LogP contribution < -0.4 is 10.1 Å². The van der Waals surface area contributed by atoms with E-state index in [4.69, 9.17) is 4.74 Å². The molecule has 150 valence electrons. The minimum atomic E-state index is -0.352. The third kappa shape index (κ3) is 3.57. The fraction of sp³-hybridized carbons (Fsp3) is 0.500.